The Morgan fingerprint density at radius 1 is 1.31 bits per heavy atom. The number of methoxy groups -OCH3 is 1. The van der Waals surface area contributed by atoms with E-state index in [1.165, 1.54) is 6.08 Å². The Labute approximate surface area is 177 Å². The second-order valence-electron chi connectivity index (χ2n) is 8.82. The normalized spacial score (nSPS) is 17.0. The van der Waals surface area contributed by atoms with E-state index in [0.717, 1.165) is 31.2 Å². The minimum atomic E-state index is -1.95. The van der Waals surface area contributed by atoms with E-state index in [-0.39, 0.29) is 17.0 Å². The molecule has 0 aliphatic carbocycles. The SMILES string of the molecule is C=C(/C=C/C(=C/[C@H](CCC/C=C/C=O)OC)N1CCC1=O)O[Si](C)(C)C(C)(C)C. The van der Waals surface area contributed by atoms with Crippen LogP contribution in [0.25, 0.3) is 0 Å². The van der Waals surface area contributed by atoms with E-state index in [9.17, 15) is 9.59 Å². The number of likely N-dealkylation sites (tertiary alicyclic amines) is 1. The standard InChI is InChI=1S/C23H37NO4Si/c1-19(28-29(6,7)23(2,3)4)13-14-20(24-16-15-22(24)26)18-21(27-5)12-10-8-9-11-17-25/h9,11,13-14,17-18,21H,1,8,10,12,15-16H2,2-7H3/b11-9+,14-13+,20-18-/t21-/m0/s1. The highest BCUT2D eigenvalue weighted by Crippen LogP contribution is 2.37. The molecule has 1 rings (SSSR count). The Bertz CT molecular complexity index is 671. The van der Waals surface area contributed by atoms with Crippen molar-refractivity contribution in [1.29, 1.82) is 0 Å². The van der Waals surface area contributed by atoms with Gasteiger partial charge in [-0.2, -0.15) is 0 Å². The summed E-state index contributed by atoms with van der Waals surface area (Å²) in [5.41, 5.74) is 0.816. The predicted molar refractivity (Wildman–Crippen MR) is 121 cm³/mol. The zero-order valence-corrected chi connectivity index (χ0v) is 19.9. The second kappa shape index (κ2) is 11.3. The summed E-state index contributed by atoms with van der Waals surface area (Å²) in [6.45, 7) is 15.7. The van der Waals surface area contributed by atoms with E-state index in [0.29, 0.717) is 18.7 Å². The van der Waals surface area contributed by atoms with E-state index in [2.05, 4.69) is 40.4 Å². The Hall–Kier alpha value is -1.92. The van der Waals surface area contributed by atoms with Gasteiger partial charge in [-0.1, -0.05) is 33.4 Å². The maximum Gasteiger partial charge on any atom is 0.250 e. The van der Waals surface area contributed by atoms with Gasteiger partial charge >= 0.3 is 0 Å². The van der Waals surface area contributed by atoms with Crippen LogP contribution in [0.1, 0.15) is 46.5 Å². The zero-order chi connectivity index (χ0) is 22.1. The van der Waals surface area contributed by atoms with Crippen molar-refractivity contribution in [1.82, 2.24) is 4.90 Å². The molecule has 0 aromatic rings. The fraction of sp³-hybridized carbons (Fsp3) is 0.565. The van der Waals surface area contributed by atoms with Gasteiger partial charge in [0.1, 0.15) is 6.29 Å². The molecule has 1 aliphatic rings. The Morgan fingerprint density at radius 2 is 2.00 bits per heavy atom. The molecule has 0 N–H and O–H groups in total. The van der Waals surface area contributed by atoms with Crippen molar-refractivity contribution in [2.75, 3.05) is 13.7 Å². The first-order chi connectivity index (χ1) is 13.5. The molecule has 0 aromatic heterocycles. The van der Waals surface area contributed by atoms with Crippen LogP contribution in [0, 0.1) is 0 Å². The lowest BCUT2D eigenvalue weighted by Gasteiger charge is -2.36. The molecule has 0 bridgehead atoms. The Kier molecular flexibility index (Phi) is 9.79. The van der Waals surface area contributed by atoms with Gasteiger partial charge in [-0.3, -0.25) is 9.59 Å². The molecule has 0 aromatic carbocycles. The van der Waals surface area contributed by atoms with Gasteiger partial charge in [-0.25, -0.2) is 0 Å². The lowest BCUT2D eigenvalue weighted by molar-refractivity contribution is -0.136. The van der Waals surface area contributed by atoms with Crippen molar-refractivity contribution < 1.29 is 18.8 Å². The number of β-lactam (4-membered cyclic amide) rings is 1. The molecular formula is C23H37NO4Si. The third-order valence-electron chi connectivity index (χ3n) is 5.53. The van der Waals surface area contributed by atoms with Crippen molar-refractivity contribution >= 4 is 20.5 Å². The molecule has 0 unspecified atom stereocenters. The Balaban J connectivity index is 2.86. The summed E-state index contributed by atoms with van der Waals surface area (Å²) in [6.07, 6.45) is 12.8. The third kappa shape index (κ3) is 8.15. The fourth-order valence-electron chi connectivity index (χ4n) is 2.57. The number of amides is 1. The molecule has 1 aliphatic heterocycles. The van der Waals surface area contributed by atoms with Crippen molar-refractivity contribution in [3.05, 3.63) is 48.4 Å². The van der Waals surface area contributed by atoms with Crippen LogP contribution in [0.3, 0.4) is 0 Å². The number of carbonyl (C=O) groups excluding carboxylic acids is 2. The summed E-state index contributed by atoms with van der Waals surface area (Å²) in [5.74, 6) is 0.726. The maximum atomic E-state index is 12.0. The zero-order valence-electron chi connectivity index (χ0n) is 18.9. The highest BCUT2D eigenvalue weighted by molar-refractivity contribution is 6.74. The number of nitrogens with zero attached hydrogens (tertiary/aromatic N) is 1. The summed E-state index contributed by atoms with van der Waals surface area (Å²) in [4.78, 5) is 24.1. The van der Waals surface area contributed by atoms with Crippen molar-refractivity contribution in [3.63, 3.8) is 0 Å². The van der Waals surface area contributed by atoms with Crippen LogP contribution in [-0.2, 0) is 18.8 Å². The quantitative estimate of drug-likeness (QED) is 0.0836. The van der Waals surface area contributed by atoms with E-state index in [1.807, 2.05) is 24.3 Å². The second-order valence-corrected chi connectivity index (χ2v) is 13.5. The van der Waals surface area contributed by atoms with Gasteiger partial charge in [-0.15, -0.1) is 0 Å². The molecule has 6 heteroatoms. The minimum absolute atomic E-state index is 0.0926. The topological polar surface area (TPSA) is 55.8 Å². The summed E-state index contributed by atoms with van der Waals surface area (Å²) in [6, 6.07) is 0. The lowest BCUT2D eigenvalue weighted by atomic mass is 10.1. The number of allylic oxidation sites excluding steroid dienone is 4. The highest BCUT2D eigenvalue weighted by atomic mass is 28.4. The van der Waals surface area contributed by atoms with E-state index in [4.69, 9.17) is 9.16 Å². The smallest absolute Gasteiger partial charge is 0.250 e. The van der Waals surface area contributed by atoms with Crippen molar-refractivity contribution in [2.45, 2.75) is 70.7 Å². The molecule has 29 heavy (non-hydrogen) atoms. The van der Waals surface area contributed by atoms with Gasteiger partial charge in [0.05, 0.1) is 11.9 Å². The van der Waals surface area contributed by atoms with Crippen LogP contribution >= 0.6 is 0 Å². The van der Waals surface area contributed by atoms with Gasteiger partial charge in [0, 0.05) is 25.8 Å². The number of unbranched alkanes of at least 4 members (excludes halogenated alkanes) is 1. The number of aldehydes is 1. The first-order valence-corrected chi connectivity index (χ1v) is 13.1. The number of carbonyl (C=O) groups is 2. The first kappa shape index (κ1) is 25.1. The van der Waals surface area contributed by atoms with Crippen LogP contribution in [-0.4, -0.2) is 45.2 Å². The van der Waals surface area contributed by atoms with Crippen molar-refractivity contribution in [3.8, 4) is 0 Å². The van der Waals surface area contributed by atoms with Crippen LogP contribution in [0.2, 0.25) is 18.1 Å². The molecule has 1 atom stereocenters. The molecule has 1 fully saturated rings. The summed E-state index contributed by atoms with van der Waals surface area (Å²) in [7, 11) is -0.282. The average Bonchev–Trinajstić information content (AvgIpc) is 2.62. The molecule has 1 heterocycles. The summed E-state index contributed by atoms with van der Waals surface area (Å²) < 4.78 is 11.8. The minimum Gasteiger partial charge on any atom is -0.544 e. The lowest BCUT2D eigenvalue weighted by Crippen LogP contribution is -2.42. The number of rotatable bonds is 12. The van der Waals surface area contributed by atoms with Gasteiger partial charge in [-0.05, 0) is 61.7 Å². The van der Waals surface area contributed by atoms with E-state index >= 15 is 0 Å². The van der Waals surface area contributed by atoms with Crippen LogP contribution in [0.15, 0.2) is 48.4 Å². The Morgan fingerprint density at radius 3 is 2.48 bits per heavy atom. The number of ether oxygens (including phenoxy) is 1. The molecule has 0 radical (unpaired) electrons. The number of hydrogen-bond acceptors (Lipinski definition) is 4. The van der Waals surface area contributed by atoms with Gasteiger partial charge in [0.15, 0.2) is 0 Å². The number of hydrogen-bond donors (Lipinski definition) is 0. The van der Waals surface area contributed by atoms with E-state index < -0.39 is 8.32 Å². The molecule has 0 saturated carbocycles. The van der Waals surface area contributed by atoms with Crippen LogP contribution in [0.5, 0.6) is 0 Å². The van der Waals surface area contributed by atoms with Gasteiger partial charge in [0.2, 0.25) is 14.2 Å². The molecule has 0 spiro atoms. The highest BCUT2D eigenvalue weighted by Gasteiger charge is 2.39. The van der Waals surface area contributed by atoms with Crippen LogP contribution < -0.4 is 0 Å². The predicted octanol–water partition coefficient (Wildman–Crippen LogP) is 5.13. The third-order valence-corrected chi connectivity index (χ3v) is 9.91. The molecular weight excluding hydrogens is 382 g/mol. The molecule has 1 saturated heterocycles. The monoisotopic (exact) mass is 419 g/mol. The van der Waals surface area contributed by atoms with Gasteiger partial charge < -0.3 is 14.1 Å². The largest absolute Gasteiger partial charge is 0.544 e. The fourth-order valence-corrected chi connectivity index (χ4v) is 3.59. The van der Waals surface area contributed by atoms with E-state index in [1.54, 1.807) is 12.0 Å². The van der Waals surface area contributed by atoms with Gasteiger partial charge in [0.25, 0.3) is 0 Å². The summed E-state index contributed by atoms with van der Waals surface area (Å²) in [5, 5.41) is 0.0926. The first-order valence-electron chi connectivity index (χ1n) is 10.2. The molecule has 5 nitrogen and oxygen atoms in total. The molecule has 1 amide bonds. The summed E-state index contributed by atoms with van der Waals surface area (Å²) >= 11 is 0. The van der Waals surface area contributed by atoms with Crippen LogP contribution in [0.4, 0.5) is 0 Å². The van der Waals surface area contributed by atoms with Crippen molar-refractivity contribution in [2.24, 2.45) is 0 Å². The average molecular weight is 420 g/mol. The molecule has 162 valence electrons. The maximum absolute atomic E-state index is 12.0.